The van der Waals surface area contributed by atoms with Crippen molar-refractivity contribution >= 4 is 17.9 Å². The van der Waals surface area contributed by atoms with Crippen LogP contribution >= 0.6 is 0 Å². The summed E-state index contributed by atoms with van der Waals surface area (Å²) in [6.45, 7) is 3.52. The molecular formula is C18H18O7. The highest BCUT2D eigenvalue weighted by Crippen LogP contribution is 2.18. The first-order chi connectivity index (χ1) is 11.9. The van der Waals surface area contributed by atoms with Gasteiger partial charge in [-0.2, -0.15) is 0 Å². The number of carbonyl (C=O) groups excluding carboxylic acids is 1. The van der Waals surface area contributed by atoms with Crippen molar-refractivity contribution in [2.45, 2.75) is 13.8 Å². The topological polar surface area (TPSA) is 110 Å². The Hall–Kier alpha value is -3.35. The van der Waals surface area contributed by atoms with Crippen LogP contribution in [0.25, 0.3) is 0 Å². The van der Waals surface area contributed by atoms with Gasteiger partial charge < -0.3 is 19.7 Å². The minimum absolute atomic E-state index is 0.0160. The van der Waals surface area contributed by atoms with E-state index >= 15 is 0 Å². The average molecular weight is 346 g/mol. The highest BCUT2D eigenvalue weighted by Gasteiger charge is 2.11. The monoisotopic (exact) mass is 346 g/mol. The lowest BCUT2D eigenvalue weighted by Crippen LogP contribution is -2.06. The second-order valence-corrected chi connectivity index (χ2v) is 4.63. The molecule has 0 aliphatic rings. The summed E-state index contributed by atoms with van der Waals surface area (Å²) < 4.78 is 9.80. The molecule has 0 atom stereocenters. The van der Waals surface area contributed by atoms with Gasteiger partial charge in [-0.05, 0) is 31.2 Å². The van der Waals surface area contributed by atoms with Crippen molar-refractivity contribution in [2.24, 2.45) is 0 Å². The number of para-hydroxylation sites is 2. The number of aromatic carboxylic acids is 2. The maximum Gasteiger partial charge on any atom is 0.339 e. The van der Waals surface area contributed by atoms with Gasteiger partial charge in [0.25, 0.3) is 0 Å². The number of benzene rings is 2. The van der Waals surface area contributed by atoms with Gasteiger partial charge >= 0.3 is 17.9 Å². The van der Waals surface area contributed by atoms with E-state index in [2.05, 4.69) is 4.74 Å². The molecule has 132 valence electrons. The molecule has 0 saturated heterocycles. The Morgan fingerprint density at radius 2 is 1.28 bits per heavy atom. The first-order valence-corrected chi connectivity index (χ1v) is 7.32. The third-order valence-electron chi connectivity index (χ3n) is 2.79. The van der Waals surface area contributed by atoms with Crippen molar-refractivity contribution in [1.82, 2.24) is 0 Å². The maximum absolute atomic E-state index is 10.6. The standard InChI is InChI=1S/C9H8O4.C9H10O3/c1-6(10)13-8-5-3-2-4-7(8)9(11)12;1-2-12-8-6-4-3-5-7(8)9(10)11/h2-5H,1H3,(H,11,12);3-6H,2H2,1H3,(H,10,11). The fraction of sp³-hybridized carbons (Fsp3) is 0.167. The van der Waals surface area contributed by atoms with Crippen LogP contribution in [-0.2, 0) is 4.79 Å². The van der Waals surface area contributed by atoms with Gasteiger partial charge in [0.2, 0.25) is 0 Å². The second kappa shape index (κ2) is 9.71. The summed E-state index contributed by atoms with van der Waals surface area (Å²) in [7, 11) is 0. The average Bonchev–Trinajstić information content (AvgIpc) is 2.56. The minimum atomic E-state index is -1.11. The van der Waals surface area contributed by atoms with E-state index < -0.39 is 17.9 Å². The Morgan fingerprint density at radius 1 is 0.840 bits per heavy atom. The van der Waals surface area contributed by atoms with E-state index in [0.717, 1.165) is 0 Å². The van der Waals surface area contributed by atoms with E-state index in [1.165, 1.54) is 25.1 Å². The summed E-state index contributed by atoms with van der Waals surface area (Å²) in [4.78, 5) is 31.8. The van der Waals surface area contributed by atoms with Gasteiger partial charge in [-0.3, -0.25) is 4.79 Å². The molecule has 2 rings (SSSR count). The number of hydrogen-bond donors (Lipinski definition) is 2. The quantitative estimate of drug-likeness (QED) is 0.632. The van der Waals surface area contributed by atoms with Gasteiger partial charge in [-0.15, -0.1) is 0 Å². The molecule has 0 aliphatic carbocycles. The molecule has 2 aromatic rings. The van der Waals surface area contributed by atoms with Crippen molar-refractivity contribution in [3.8, 4) is 11.5 Å². The van der Waals surface area contributed by atoms with Crippen LogP contribution in [0.1, 0.15) is 34.6 Å². The van der Waals surface area contributed by atoms with E-state index in [1.54, 1.807) is 30.3 Å². The van der Waals surface area contributed by atoms with Crippen molar-refractivity contribution in [3.05, 3.63) is 59.7 Å². The number of carboxylic acids is 2. The van der Waals surface area contributed by atoms with Crippen LogP contribution in [0.4, 0.5) is 0 Å². The van der Waals surface area contributed by atoms with Crippen LogP contribution in [0, 0.1) is 0 Å². The SMILES string of the molecule is CC(=O)Oc1ccccc1C(=O)O.CCOc1ccccc1C(=O)O. The Morgan fingerprint density at radius 3 is 1.72 bits per heavy atom. The first-order valence-electron chi connectivity index (χ1n) is 7.32. The fourth-order valence-electron chi connectivity index (χ4n) is 1.81. The Labute approximate surface area is 144 Å². The van der Waals surface area contributed by atoms with Crippen LogP contribution in [0.2, 0.25) is 0 Å². The lowest BCUT2D eigenvalue weighted by atomic mass is 10.2. The van der Waals surface area contributed by atoms with Crippen LogP contribution in [0.5, 0.6) is 11.5 Å². The van der Waals surface area contributed by atoms with E-state index in [4.69, 9.17) is 14.9 Å². The molecule has 7 nitrogen and oxygen atoms in total. The highest BCUT2D eigenvalue weighted by molar-refractivity contribution is 5.92. The zero-order chi connectivity index (χ0) is 18.8. The van der Waals surface area contributed by atoms with Gasteiger partial charge in [-0.25, -0.2) is 9.59 Å². The summed E-state index contributed by atoms with van der Waals surface area (Å²) in [5.74, 6) is -2.11. The number of rotatable bonds is 5. The molecule has 0 bridgehead atoms. The summed E-state index contributed by atoms with van der Waals surface area (Å²) in [6, 6.07) is 12.6. The number of ether oxygens (including phenoxy) is 2. The van der Waals surface area contributed by atoms with Crippen molar-refractivity contribution in [1.29, 1.82) is 0 Å². The molecule has 7 heteroatoms. The largest absolute Gasteiger partial charge is 0.493 e. The summed E-state index contributed by atoms with van der Waals surface area (Å²) in [5.41, 5.74) is 0.192. The fourth-order valence-corrected chi connectivity index (χ4v) is 1.81. The minimum Gasteiger partial charge on any atom is -0.493 e. The normalized spacial score (nSPS) is 9.36. The summed E-state index contributed by atoms with van der Waals surface area (Å²) in [6.07, 6.45) is 0. The van der Waals surface area contributed by atoms with Gasteiger partial charge in [-0.1, -0.05) is 24.3 Å². The molecule has 25 heavy (non-hydrogen) atoms. The zero-order valence-corrected chi connectivity index (χ0v) is 13.8. The molecule has 0 amide bonds. The molecule has 0 heterocycles. The van der Waals surface area contributed by atoms with Crippen LogP contribution in [-0.4, -0.2) is 34.7 Å². The summed E-state index contributed by atoms with van der Waals surface area (Å²) in [5, 5.41) is 17.4. The zero-order valence-electron chi connectivity index (χ0n) is 13.8. The lowest BCUT2D eigenvalue weighted by molar-refractivity contribution is -0.131. The Balaban J connectivity index is 0.000000251. The molecule has 0 aromatic heterocycles. The second-order valence-electron chi connectivity index (χ2n) is 4.63. The van der Waals surface area contributed by atoms with Crippen molar-refractivity contribution in [3.63, 3.8) is 0 Å². The first kappa shape index (κ1) is 19.7. The smallest absolute Gasteiger partial charge is 0.339 e. The number of esters is 1. The van der Waals surface area contributed by atoms with E-state index in [0.29, 0.717) is 12.4 Å². The van der Waals surface area contributed by atoms with Gasteiger partial charge in [0.1, 0.15) is 22.6 Å². The van der Waals surface area contributed by atoms with E-state index in [9.17, 15) is 14.4 Å². The predicted octanol–water partition coefficient (Wildman–Crippen LogP) is 3.09. The molecular weight excluding hydrogens is 328 g/mol. The van der Waals surface area contributed by atoms with Crippen molar-refractivity contribution in [2.75, 3.05) is 6.61 Å². The van der Waals surface area contributed by atoms with Crippen LogP contribution in [0.15, 0.2) is 48.5 Å². The highest BCUT2D eigenvalue weighted by atomic mass is 16.5. The molecule has 0 radical (unpaired) electrons. The lowest BCUT2D eigenvalue weighted by Gasteiger charge is -2.05. The molecule has 0 unspecified atom stereocenters. The molecule has 0 aliphatic heterocycles. The number of carboxylic acid groups (broad SMARTS) is 2. The number of hydrogen-bond acceptors (Lipinski definition) is 5. The maximum atomic E-state index is 10.6. The van der Waals surface area contributed by atoms with Gasteiger partial charge in [0.15, 0.2) is 0 Å². The van der Waals surface area contributed by atoms with Crippen LogP contribution < -0.4 is 9.47 Å². The molecule has 0 fully saturated rings. The molecule has 2 N–H and O–H groups in total. The van der Waals surface area contributed by atoms with Gasteiger partial charge in [0.05, 0.1) is 6.61 Å². The van der Waals surface area contributed by atoms with Crippen molar-refractivity contribution < 1.29 is 34.1 Å². The third-order valence-corrected chi connectivity index (χ3v) is 2.79. The molecule has 0 spiro atoms. The van der Waals surface area contributed by atoms with E-state index in [-0.39, 0.29) is 16.9 Å². The third kappa shape index (κ3) is 6.34. The Kier molecular flexibility index (Phi) is 7.65. The van der Waals surface area contributed by atoms with E-state index in [1.807, 2.05) is 6.92 Å². The van der Waals surface area contributed by atoms with Crippen LogP contribution in [0.3, 0.4) is 0 Å². The van der Waals surface area contributed by atoms with Gasteiger partial charge in [0, 0.05) is 6.92 Å². The number of carbonyl (C=O) groups is 3. The predicted molar refractivity (Wildman–Crippen MR) is 89.3 cm³/mol. The molecule has 2 aromatic carbocycles. The Bertz CT molecular complexity index is 753. The molecule has 0 saturated carbocycles. The summed E-state index contributed by atoms with van der Waals surface area (Å²) >= 11 is 0.